The number of carbonyl (C=O) groups excluding carboxylic acids is 1. The summed E-state index contributed by atoms with van der Waals surface area (Å²) in [6, 6.07) is 0. The number of allylic oxidation sites excluding steroid dienone is 3. The maximum absolute atomic E-state index is 10.7. The van der Waals surface area contributed by atoms with Crippen LogP contribution in [0.2, 0.25) is 0 Å². The van der Waals surface area contributed by atoms with E-state index in [1.165, 1.54) is 0 Å². The molecule has 0 saturated carbocycles. The van der Waals surface area contributed by atoms with Crippen molar-refractivity contribution in [2.24, 2.45) is 11.7 Å². The number of primary amides is 1. The standard InChI is InChI=1S/C8H11NO2/c1-11-7-4-2-3-6(5-7)8(9)10/h2-4,6H,5H2,1H3,(H2,9,10). The lowest BCUT2D eigenvalue weighted by Crippen LogP contribution is -2.23. The first-order chi connectivity index (χ1) is 5.24. The molecule has 2 N–H and O–H groups in total. The van der Waals surface area contributed by atoms with E-state index in [0.717, 1.165) is 5.76 Å². The number of nitrogens with two attached hydrogens (primary N) is 1. The molecule has 11 heavy (non-hydrogen) atoms. The fourth-order valence-corrected chi connectivity index (χ4v) is 0.997. The van der Waals surface area contributed by atoms with E-state index in [9.17, 15) is 4.79 Å². The van der Waals surface area contributed by atoms with Crippen LogP contribution in [-0.4, -0.2) is 13.0 Å². The molecule has 0 radical (unpaired) electrons. The van der Waals surface area contributed by atoms with Crippen molar-refractivity contribution in [3.05, 3.63) is 24.0 Å². The summed E-state index contributed by atoms with van der Waals surface area (Å²) in [6.07, 6.45) is 5.99. The van der Waals surface area contributed by atoms with Gasteiger partial charge in [-0.25, -0.2) is 0 Å². The highest BCUT2D eigenvalue weighted by atomic mass is 16.5. The molecule has 1 atom stereocenters. The number of carbonyl (C=O) groups is 1. The van der Waals surface area contributed by atoms with Gasteiger partial charge in [0.05, 0.1) is 18.8 Å². The van der Waals surface area contributed by atoms with Crippen molar-refractivity contribution in [2.75, 3.05) is 7.11 Å². The van der Waals surface area contributed by atoms with E-state index in [1.54, 1.807) is 19.3 Å². The third kappa shape index (κ3) is 1.83. The second-order valence-electron chi connectivity index (χ2n) is 2.43. The summed E-state index contributed by atoms with van der Waals surface area (Å²) in [6.45, 7) is 0. The van der Waals surface area contributed by atoms with Gasteiger partial charge in [0.1, 0.15) is 0 Å². The summed E-state index contributed by atoms with van der Waals surface area (Å²) in [5.74, 6) is 0.301. The lowest BCUT2D eigenvalue weighted by Gasteiger charge is -2.13. The smallest absolute Gasteiger partial charge is 0.224 e. The molecular weight excluding hydrogens is 142 g/mol. The highest BCUT2D eigenvalue weighted by molar-refractivity contribution is 5.79. The van der Waals surface area contributed by atoms with E-state index >= 15 is 0 Å². The summed E-state index contributed by atoms with van der Waals surface area (Å²) in [4.78, 5) is 10.7. The first-order valence-corrected chi connectivity index (χ1v) is 3.44. The SMILES string of the molecule is COC1=CC=CC(C(N)=O)C1. The van der Waals surface area contributed by atoms with Gasteiger partial charge in [-0.2, -0.15) is 0 Å². The fourth-order valence-electron chi connectivity index (χ4n) is 0.997. The molecule has 3 heteroatoms. The minimum Gasteiger partial charge on any atom is -0.501 e. The average molecular weight is 153 g/mol. The van der Waals surface area contributed by atoms with E-state index in [0.29, 0.717) is 6.42 Å². The van der Waals surface area contributed by atoms with E-state index in [-0.39, 0.29) is 11.8 Å². The molecule has 0 aliphatic heterocycles. The van der Waals surface area contributed by atoms with Gasteiger partial charge in [0.25, 0.3) is 0 Å². The molecule has 1 amide bonds. The molecule has 3 nitrogen and oxygen atoms in total. The summed E-state index contributed by atoms with van der Waals surface area (Å²) < 4.78 is 4.97. The van der Waals surface area contributed by atoms with Crippen LogP contribution in [0.1, 0.15) is 6.42 Å². The Morgan fingerprint density at radius 1 is 1.82 bits per heavy atom. The molecule has 0 bridgehead atoms. The number of hydrogen-bond donors (Lipinski definition) is 1. The van der Waals surface area contributed by atoms with Crippen LogP contribution in [0.3, 0.4) is 0 Å². The molecule has 1 rings (SSSR count). The summed E-state index contributed by atoms with van der Waals surface area (Å²) >= 11 is 0. The van der Waals surface area contributed by atoms with Crippen LogP contribution in [0.15, 0.2) is 24.0 Å². The molecule has 0 heterocycles. The molecule has 1 unspecified atom stereocenters. The van der Waals surface area contributed by atoms with Gasteiger partial charge in [0.15, 0.2) is 0 Å². The lowest BCUT2D eigenvalue weighted by atomic mass is 9.99. The topological polar surface area (TPSA) is 52.3 Å². The zero-order valence-electron chi connectivity index (χ0n) is 6.41. The molecule has 1 aliphatic carbocycles. The number of ether oxygens (including phenoxy) is 1. The van der Waals surface area contributed by atoms with Crippen molar-refractivity contribution in [1.82, 2.24) is 0 Å². The van der Waals surface area contributed by atoms with Crippen molar-refractivity contribution in [2.45, 2.75) is 6.42 Å². The second-order valence-corrected chi connectivity index (χ2v) is 2.43. The molecule has 1 aliphatic rings. The Bertz CT molecular complexity index is 218. The van der Waals surface area contributed by atoms with Crippen LogP contribution >= 0.6 is 0 Å². The Hall–Kier alpha value is -1.25. The van der Waals surface area contributed by atoms with Crippen LogP contribution in [0, 0.1) is 5.92 Å². The van der Waals surface area contributed by atoms with Gasteiger partial charge in [-0.3, -0.25) is 4.79 Å². The molecule has 0 fully saturated rings. The van der Waals surface area contributed by atoms with E-state index in [1.807, 2.05) is 6.08 Å². The van der Waals surface area contributed by atoms with Gasteiger partial charge >= 0.3 is 0 Å². The zero-order chi connectivity index (χ0) is 8.27. The number of rotatable bonds is 2. The second kappa shape index (κ2) is 3.23. The predicted molar refractivity (Wildman–Crippen MR) is 41.5 cm³/mol. The minimum absolute atomic E-state index is 0.199. The van der Waals surface area contributed by atoms with Crippen molar-refractivity contribution in [3.63, 3.8) is 0 Å². The molecule has 0 spiro atoms. The highest BCUT2D eigenvalue weighted by Crippen LogP contribution is 2.17. The van der Waals surface area contributed by atoms with Gasteiger partial charge in [0.2, 0.25) is 5.91 Å². The summed E-state index contributed by atoms with van der Waals surface area (Å²) in [5, 5.41) is 0. The Labute approximate surface area is 65.5 Å². The first kappa shape index (κ1) is 7.85. The van der Waals surface area contributed by atoms with E-state index < -0.39 is 0 Å². The zero-order valence-corrected chi connectivity index (χ0v) is 6.41. The third-order valence-electron chi connectivity index (χ3n) is 1.67. The summed E-state index contributed by atoms with van der Waals surface area (Å²) in [5.41, 5.74) is 5.11. The molecular formula is C8H11NO2. The third-order valence-corrected chi connectivity index (χ3v) is 1.67. The van der Waals surface area contributed by atoms with E-state index in [2.05, 4.69) is 0 Å². The van der Waals surface area contributed by atoms with Crippen molar-refractivity contribution in [1.29, 1.82) is 0 Å². The van der Waals surface area contributed by atoms with Crippen LogP contribution in [0.25, 0.3) is 0 Å². The van der Waals surface area contributed by atoms with E-state index in [4.69, 9.17) is 10.5 Å². The first-order valence-electron chi connectivity index (χ1n) is 3.44. The maximum Gasteiger partial charge on any atom is 0.224 e. The number of hydrogen-bond acceptors (Lipinski definition) is 2. The molecule has 0 aromatic heterocycles. The van der Waals surface area contributed by atoms with Gasteiger partial charge in [-0.05, 0) is 6.08 Å². The normalized spacial score (nSPS) is 22.6. The van der Waals surface area contributed by atoms with Gasteiger partial charge < -0.3 is 10.5 Å². The van der Waals surface area contributed by atoms with Crippen molar-refractivity contribution in [3.8, 4) is 0 Å². The van der Waals surface area contributed by atoms with Crippen molar-refractivity contribution >= 4 is 5.91 Å². The van der Waals surface area contributed by atoms with Gasteiger partial charge in [-0.1, -0.05) is 12.2 Å². The molecule has 0 aromatic rings. The van der Waals surface area contributed by atoms with Gasteiger partial charge in [0, 0.05) is 6.42 Å². The van der Waals surface area contributed by atoms with Crippen LogP contribution < -0.4 is 5.73 Å². The summed E-state index contributed by atoms with van der Waals surface area (Å²) in [7, 11) is 1.59. The largest absolute Gasteiger partial charge is 0.501 e. The van der Waals surface area contributed by atoms with Crippen LogP contribution in [0.5, 0.6) is 0 Å². The Kier molecular flexibility index (Phi) is 2.31. The quantitative estimate of drug-likeness (QED) is 0.630. The Morgan fingerprint density at radius 2 is 2.55 bits per heavy atom. The number of amides is 1. The van der Waals surface area contributed by atoms with Crippen LogP contribution in [-0.2, 0) is 9.53 Å². The Morgan fingerprint density at radius 3 is 3.09 bits per heavy atom. The van der Waals surface area contributed by atoms with Gasteiger partial charge in [-0.15, -0.1) is 0 Å². The highest BCUT2D eigenvalue weighted by Gasteiger charge is 2.16. The van der Waals surface area contributed by atoms with Crippen molar-refractivity contribution < 1.29 is 9.53 Å². The lowest BCUT2D eigenvalue weighted by molar-refractivity contribution is -0.120. The van der Waals surface area contributed by atoms with Crippen LogP contribution in [0.4, 0.5) is 0 Å². The monoisotopic (exact) mass is 153 g/mol. The average Bonchev–Trinajstić information content (AvgIpc) is 2.05. The molecule has 0 saturated heterocycles. The molecule has 0 aromatic carbocycles. The molecule has 60 valence electrons. The number of methoxy groups -OCH3 is 1. The Balaban J connectivity index is 2.62. The fraction of sp³-hybridized carbons (Fsp3) is 0.375. The predicted octanol–water partition coefficient (Wildman–Crippen LogP) is 0.578. The minimum atomic E-state index is -0.302. The maximum atomic E-state index is 10.7.